The van der Waals surface area contributed by atoms with Crippen LogP contribution in [0, 0.1) is 5.82 Å². The topological polar surface area (TPSA) is 12.9 Å². The minimum Gasteiger partial charge on any atom is -0.245 e. The summed E-state index contributed by atoms with van der Waals surface area (Å²) >= 11 is 9.57. The molecule has 0 radical (unpaired) electrons. The first-order valence-electron chi connectivity index (χ1n) is 8.42. The summed E-state index contributed by atoms with van der Waals surface area (Å²) in [4.78, 5) is 6.02. The number of rotatable bonds is 5. The van der Waals surface area contributed by atoms with Crippen LogP contribution < -0.4 is 0 Å². The van der Waals surface area contributed by atoms with Crippen LogP contribution in [0.4, 0.5) is 4.39 Å². The first-order valence-corrected chi connectivity index (χ1v) is 10.7. The Morgan fingerprint density at radius 1 is 1.15 bits per heavy atom. The lowest BCUT2D eigenvalue weighted by atomic mass is 9.87. The number of thioether (sulfide) groups is 1. The number of hydrogen-bond acceptors (Lipinski definition) is 3. The number of thiazole rings is 1. The van der Waals surface area contributed by atoms with Gasteiger partial charge in [0.15, 0.2) is 0 Å². The maximum absolute atomic E-state index is 13.2. The quantitative estimate of drug-likeness (QED) is 0.419. The largest absolute Gasteiger partial charge is 0.245 e. The minimum absolute atomic E-state index is 0.121. The Kier molecular flexibility index (Phi) is 6.06. The van der Waals surface area contributed by atoms with E-state index >= 15 is 0 Å². The molecular weight excluding hydrogens is 385 g/mol. The van der Waals surface area contributed by atoms with Crippen molar-refractivity contribution in [3.05, 3.63) is 80.5 Å². The Hall–Kier alpha value is -1.36. The highest BCUT2D eigenvalue weighted by Crippen LogP contribution is 2.34. The molecular formula is C21H21ClFNS2. The number of benzene rings is 2. The van der Waals surface area contributed by atoms with E-state index in [2.05, 4.69) is 50.4 Å². The van der Waals surface area contributed by atoms with Crippen molar-refractivity contribution < 1.29 is 4.39 Å². The average Bonchev–Trinajstić information content (AvgIpc) is 3.02. The van der Waals surface area contributed by atoms with Gasteiger partial charge in [-0.15, -0.1) is 23.1 Å². The van der Waals surface area contributed by atoms with Gasteiger partial charge in [-0.05, 0) is 34.7 Å². The molecule has 0 fully saturated rings. The van der Waals surface area contributed by atoms with E-state index in [0.717, 1.165) is 22.0 Å². The summed E-state index contributed by atoms with van der Waals surface area (Å²) in [5.41, 5.74) is 3.45. The average molecular weight is 406 g/mol. The summed E-state index contributed by atoms with van der Waals surface area (Å²) in [6.45, 7) is 6.71. The van der Waals surface area contributed by atoms with Gasteiger partial charge in [-0.2, -0.15) is 0 Å². The van der Waals surface area contributed by atoms with Gasteiger partial charge in [-0.3, -0.25) is 0 Å². The fourth-order valence-electron chi connectivity index (χ4n) is 2.69. The fraction of sp³-hybridized carbons (Fsp3) is 0.286. The van der Waals surface area contributed by atoms with Crippen molar-refractivity contribution in [1.82, 2.24) is 4.98 Å². The Morgan fingerprint density at radius 3 is 2.65 bits per heavy atom. The number of aromatic nitrogens is 1. The highest BCUT2D eigenvalue weighted by atomic mass is 35.5. The normalized spacial score (nSPS) is 11.7. The Balaban J connectivity index is 1.68. The van der Waals surface area contributed by atoms with Crippen molar-refractivity contribution in [3.8, 4) is 0 Å². The minimum atomic E-state index is -0.313. The van der Waals surface area contributed by atoms with Crippen LogP contribution in [-0.4, -0.2) is 4.98 Å². The van der Waals surface area contributed by atoms with Crippen LogP contribution in [0.5, 0.6) is 0 Å². The first kappa shape index (κ1) is 19.4. The standard InChI is InChI=1S/C21H21ClFNS2/c1-21(2,3)17-6-4-5-7-19(17)25-12-16-13-26-20(24-16)10-14-8-9-15(23)11-18(14)22/h4-9,11,13H,10,12H2,1-3H3. The molecule has 1 heterocycles. The molecule has 1 aromatic heterocycles. The Bertz CT molecular complexity index is 899. The predicted octanol–water partition coefficient (Wildman–Crippen LogP) is 7.12. The van der Waals surface area contributed by atoms with E-state index in [4.69, 9.17) is 16.6 Å². The van der Waals surface area contributed by atoms with Gasteiger partial charge in [0.2, 0.25) is 0 Å². The summed E-state index contributed by atoms with van der Waals surface area (Å²) < 4.78 is 13.2. The third-order valence-corrected chi connectivity index (χ3v) is 6.38. The number of halogens is 2. The summed E-state index contributed by atoms with van der Waals surface area (Å²) in [5.74, 6) is 0.522. The smallest absolute Gasteiger partial charge is 0.124 e. The van der Waals surface area contributed by atoms with E-state index in [1.54, 1.807) is 17.4 Å². The van der Waals surface area contributed by atoms with Gasteiger partial charge < -0.3 is 0 Å². The van der Waals surface area contributed by atoms with Crippen molar-refractivity contribution in [1.29, 1.82) is 0 Å². The summed E-state index contributed by atoms with van der Waals surface area (Å²) in [7, 11) is 0. The van der Waals surface area contributed by atoms with Crippen molar-refractivity contribution in [3.63, 3.8) is 0 Å². The highest BCUT2D eigenvalue weighted by molar-refractivity contribution is 7.98. The van der Waals surface area contributed by atoms with Crippen LogP contribution >= 0.6 is 34.7 Å². The van der Waals surface area contributed by atoms with Crippen LogP contribution in [0.25, 0.3) is 0 Å². The van der Waals surface area contributed by atoms with Crippen molar-refractivity contribution in [2.45, 2.75) is 43.3 Å². The maximum Gasteiger partial charge on any atom is 0.124 e. The van der Waals surface area contributed by atoms with Gasteiger partial charge in [0, 0.05) is 27.5 Å². The molecule has 0 bridgehead atoms. The summed E-state index contributed by atoms with van der Waals surface area (Å²) in [6, 6.07) is 13.1. The lowest BCUT2D eigenvalue weighted by molar-refractivity contribution is 0.578. The SMILES string of the molecule is CC(C)(C)c1ccccc1SCc1csc(Cc2ccc(F)cc2Cl)n1. The summed E-state index contributed by atoms with van der Waals surface area (Å²) in [5, 5.41) is 3.55. The zero-order chi connectivity index (χ0) is 18.7. The molecule has 0 aliphatic carbocycles. The molecule has 3 aromatic rings. The monoisotopic (exact) mass is 405 g/mol. The van der Waals surface area contributed by atoms with Gasteiger partial charge in [-0.25, -0.2) is 9.37 Å². The second-order valence-electron chi connectivity index (χ2n) is 7.18. The van der Waals surface area contributed by atoms with Crippen molar-refractivity contribution >= 4 is 34.7 Å². The van der Waals surface area contributed by atoms with E-state index in [0.29, 0.717) is 11.4 Å². The van der Waals surface area contributed by atoms with Gasteiger partial charge >= 0.3 is 0 Å². The number of nitrogens with zero attached hydrogens (tertiary/aromatic N) is 1. The Morgan fingerprint density at radius 2 is 1.92 bits per heavy atom. The molecule has 3 rings (SSSR count). The zero-order valence-electron chi connectivity index (χ0n) is 15.1. The molecule has 26 heavy (non-hydrogen) atoms. The van der Waals surface area contributed by atoms with E-state index in [1.165, 1.54) is 22.6 Å². The van der Waals surface area contributed by atoms with Crippen LogP contribution in [0.1, 0.15) is 42.6 Å². The van der Waals surface area contributed by atoms with E-state index in [-0.39, 0.29) is 11.2 Å². The molecule has 2 aromatic carbocycles. The molecule has 5 heteroatoms. The van der Waals surface area contributed by atoms with Crippen LogP contribution in [0.2, 0.25) is 5.02 Å². The molecule has 0 spiro atoms. The van der Waals surface area contributed by atoms with Gasteiger partial charge in [0.25, 0.3) is 0 Å². The second-order valence-corrected chi connectivity index (χ2v) is 9.55. The van der Waals surface area contributed by atoms with Crippen molar-refractivity contribution in [2.75, 3.05) is 0 Å². The molecule has 0 aliphatic heterocycles. The highest BCUT2D eigenvalue weighted by Gasteiger charge is 2.17. The number of hydrogen-bond donors (Lipinski definition) is 0. The summed E-state index contributed by atoms with van der Waals surface area (Å²) in [6.07, 6.45) is 0.632. The maximum atomic E-state index is 13.2. The molecule has 0 unspecified atom stereocenters. The lowest BCUT2D eigenvalue weighted by Gasteiger charge is -2.22. The van der Waals surface area contributed by atoms with E-state index in [1.807, 2.05) is 11.8 Å². The van der Waals surface area contributed by atoms with Crippen LogP contribution in [0.3, 0.4) is 0 Å². The zero-order valence-corrected chi connectivity index (χ0v) is 17.4. The van der Waals surface area contributed by atoms with E-state index in [9.17, 15) is 4.39 Å². The van der Waals surface area contributed by atoms with E-state index < -0.39 is 0 Å². The molecule has 1 nitrogen and oxygen atoms in total. The van der Waals surface area contributed by atoms with Crippen LogP contribution in [0.15, 0.2) is 52.7 Å². The third-order valence-electron chi connectivity index (χ3n) is 4.03. The Labute approximate surface area is 167 Å². The van der Waals surface area contributed by atoms with Crippen LogP contribution in [-0.2, 0) is 17.6 Å². The van der Waals surface area contributed by atoms with Crippen molar-refractivity contribution in [2.24, 2.45) is 0 Å². The first-order chi connectivity index (χ1) is 12.3. The molecule has 0 atom stereocenters. The molecule has 0 saturated carbocycles. The van der Waals surface area contributed by atoms with Gasteiger partial charge in [0.05, 0.1) is 10.7 Å². The molecule has 0 aliphatic rings. The molecule has 0 N–H and O–H groups in total. The van der Waals surface area contributed by atoms with Gasteiger partial charge in [0.1, 0.15) is 5.82 Å². The lowest BCUT2D eigenvalue weighted by Crippen LogP contribution is -2.12. The fourth-order valence-corrected chi connectivity index (χ4v) is 5.00. The molecule has 136 valence electrons. The second kappa shape index (κ2) is 8.12. The molecule has 0 saturated heterocycles. The van der Waals surface area contributed by atoms with Gasteiger partial charge in [-0.1, -0.05) is 56.6 Å². The predicted molar refractivity (Wildman–Crippen MR) is 111 cm³/mol. The third kappa shape index (κ3) is 4.87. The molecule has 0 amide bonds.